The topological polar surface area (TPSA) is 39.2 Å². The van der Waals surface area contributed by atoms with Gasteiger partial charge < -0.3 is 10.2 Å². The molecule has 0 spiro atoms. The Kier molecular flexibility index (Phi) is 3.05. The van der Waals surface area contributed by atoms with Crippen LogP contribution in [-0.4, -0.2) is 5.25 Å². The highest BCUT2D eigenvalue weighted by Crippen LogP contribution is 2.42. The summed E-state index contributed by atoms with van der Waals surface area (Å²) < 4.78 is 6.03. The Morgan fingerprint density at radius 2 is 2.05 bits per heavy atom. The Morgan fingerprint density at radius 3 is 2.86 bits per heavy atom. The van der Waals surface area contributed by atoms with Crippen LogP contribution in [0.2, 0.25) is 0 Å². The molecule has 2 unspecified atom stereocenters. The summed E-state index contributed by atoms with van der Waals surface area (Å²) in [6.07, 6.45) is 1.01. The van der Waals surface area contributed by atoms with Crippen LogP contribution < -0.4 is 5.73 Å². The fourth-order valence-corrected chi connectivity index (χ4v) is 4.32. The van der Waals surface area contributed by atoms with E-state index < -0.39 is 0 Å². The minimum Gasteiger partial charge on any atom is -0.459 e. The van der Waals surface area contributed by atoms with Gasteiger partial charge in [0.05, 0.1) is 6.04 Å². The number of hydrogen-bond acceptors (Lipinski definition) is 3. The fourth-order valence-electron chi connectivity index (χ4n) is 2.99. The summed E-state index contributed by atoms with van der Waals surface area (Å²) in [6, 6.07) is 16.8. The summed E-state index contributed by atoms with van der Waals surface area (Å²) in [5, 5.41) is 1.49. The third-order valence-corrected chi connectivity index (χ3v) is 5.58. The van der Waals surface area contributed by atoms with E-state index in [1.54, 1.807) is 0 Å². The Labute approximate surface area is 128 Å². The molecule has 3 aromatic rings. The van der Waals surface area contributed by atoms with Crippen molar-refractivity contribution in [3.8, 4) is 0 Å². The molecular formula is C18H17NOS. The van der Waals surface area contributed by atoms with Crippen molar-refractivity contribution in [2.75, 3.05) is 0 Å². The highest BCUT2D eigenvalue weighted by molar-refractivity contribution is 8.00. The van der Waals surface area contributed by atoms with Crippen molar-refractivity contribution in [1.29, 1.82) is 0 Å². The zero-order valence-electron chi connectivity index (χ0n) is 11.9. The van der Waals surface area contributed by atoms with Crippen molar-refractivity contribution in [3.63, 3.8) is 0 Å². The Bertz CT molecular complexity index is 783. The molecule has 1 aromatic heterocycles. The molecule has 0 saturated carbocycles. The molecule has 2 atom stereocenters. The standard InChI is InChI=1S/C18H17NOS/c1-11-5-4-7-13-9-14(20-18(11)13)17(19)16-10-12-6-2-3-8-15(12)21-16/h2-9,16-17H,10,19H2,1H3. The predicted molar refractivity (Wildman–Crippen MR) is 87.7 cm³/mol. The van der Waals surface area contributed by atoms with Gasteiger partial charge in [-0.2, -0.15) is 0 Å². The number of aryl methyl sites for hydroxylation is 1. The number of thioether (sulfide) groups is 1. The molecule has 2 nitrogen and oxygen atoms in total. The van der Waals surface area contributed by atoms with Crippen molar-refractivity contribution in [3.05, 3.63) is 65.4 Å². The van der Waals surface area contributed by atoms with E-state index in [0.29, 0.717) is 5.25 Å². The second-order valence-electron chi connectivity index (χ2n) is 5.64. The van der Waals surface area contributed by atoms with Crippen molar-refractivity contribution in [1.82, 2.24) is 0 Å². The van der Waals surface area contributed by atoms with Gasteiger partial charge in [0.25, 0.3) is 0 Å². The van der Waals surface area contributed by atoms with E-state index in [9.17, 15) is 0 Å². The van der Waals surface area contributed by atoms with Crippen molar-refractivity contribution in [2.45, 2.75) is 29.5 Å². The van der Waals surface area contributed by atoms with Gasteiger partial charge in [-0.1, -0.05) is 36.4 Å². The predicted octanol–water partition coefficient (Wildman–Crippen LogP) is 4.46. The number of fused-ring (bicyclic) bond motifs is 2. The molecule has 0 amide bonds. The second kappa shape index (κ2) is 4.93. The summed E-state index contributed by atoms with van der Waals surface area (Å²) in [4.78, 5) is 1.35. The Morgan fingerprint density at radius 1 is 1.19 bits per heavy atom. The van der Waals surface area contributed by atoms with Crippen molar-refractivity contribution >= 4 is 22.7 Å². The monoisotopic (exact) mass is 295 g/mol. The lowest BCUT2D eigenvalue weighted by Crippen LogP contribution is -2.22. The lowest BCUT2D eigenvalue weighted by molar-refractivity contribution is 0.485. The summed E-state index contributed by atoms with van der Waals surface area (Å²) in [5.74, 6) is 0.893. The molecule has 106 valence electrons. The molecule has 2 heterocycles. The number of rotatable bonds is 2. The minimum absolute atomic E-state index is 0.0748. The summed E-state index contributed by atoms with van der Waals surface area (Å²) in [5.41, 5.74) is 10.00. The summed E-state index contributed by atoms with van der Waals surface area (Å²) in [7, 11) is 0. The van der Waals surface area contributed by atoms with Crippen LogP contribution in [0.1, 0.15) is 22.9 Å². The van der Waals surface area contributed by atoms with E-state index >= 15 is 0 Å². The zero-order valence-corrected chi connectivity index (χ0v) is 12.7. The Balaban J connectivity index is 1.66. The molecule has 0 bridgehead atoms. The maximum Gasteiger partial charge on any atom is 0.137 e. The molecular weight excluding hydrogens is 278 g/mol. The first-order valence-electron chi connectivity index (χ1n) is 7.21. The molecule has 2 N–H and O–H groups in total. The highest BCUT2D eigenvalue weighted by atomic mass is 32.2. The van der Waals surface area contributed by atoms with Gasteiger partial charge >= 0.3 is 0 Å². The molecule has 0 fully saturated rings. The lowest BCUT2D eigenvalue weighted by atomic mass is 10.0. The molecule has 1 aliphatic heterocycles. The summed E-state index contributed by atoms with van der Waals surface area (Å²) >= 11 is 1.87. The highest BCUT2D eigenvalue weighted by Gasteiger charge is 2.30. The van der Waals surface area contributed by atoms with E-state index in [1.165, 1.54) is 10.5 Å². The average molecular weight is 295 g/mol. The first-order chi connectivity index (χ1) is 10.2. The van der Waals surface area contributed by atoms with E-state index in [2.05, 4.69) is 55.5 Å². The first-order valence-corrected chi connectivity index (χ1v) is 8.09. The second-order valence-corrected chi connectivity index (χ2v) is 6.92. The SMILES string of the molecule is Cc1cccc2cc(C(N)C3Cc4ccccc4S3)oc12. The van der Waals surface area contributed by atoms with Gasteiger partial charge in [0.1, 0.15) is 11.3 Å². The molecule has 4 rings (SSSR count). The maximum atomic E-state index is 6.48. The average Bonchev–Trinajstić information content (AvgIpc) is 3.11. The van der Waals surface area contributed by atoms with Crippen LogP contribution in [-0.2, 0) is 6.42 Å². The van der Waals surface area contributed by atoms with Gasteiger partial charge in [-0.3, -0.25) is 0 Å². The molecule has 0 saturated heterocycles. The van der Waals surface area contributed by atoms with Crippen LogP contribution >= 0.6 is 11.8 Å². The molecule has 0 radical (unpaired) electrons. The van der Waals surface area contributed by atoms with Gasteiger partial charge in [0.2, 0.25) is 0 Å². The largest absolute Gasteiger partial charge is 0.459 e. The van der Waals surface area contributed by atoms with Crippen LogP contribution in [0.4, 0.5) is 0 Å². The van der Waals surface area contributed by atoms with Crippen LogP contribution in [0.5, 0.6) is 0 Å². The van der Waals surface area contributed by atoms with Crippen molar-refractivity contribution in [2.24, 2.45) is 5.73 Å². The molecule has 0 aliphatic carbocycles. The van der Waals surface area contributed by atoms with Gasteiger partial charge in [-0.15, -0.1) is 11.8 Å². The van der Waals surface area contributed by atoms with E-state index in [-0.39, 0.29) is 6.04 Å². The Hall–Kier alpha value is -1.71. The fraction of sp³-hybridized carbons (Fsp3) is 0.222. The zero-order chi connectivity index (χ0) is 14.4. The van der Waals surface area contributed by atoms with Crippen LogP contribution in [0, 0.1) is 6.92 Å². The van der Waals surface area contributed by atoms with E-state index in [4.69, 9.17) is 10.2 Å². The molecule has 3 heteroatoms. The minimum atomic E-state index is -0.0748. The maximum absolute atomic E-state index is 6.48. The molecule has 2 aromatic carbocycles. The van der Waals surface area contributed by atoms with E-state index in [0.717, 1.165) is 28.7 Å². The lowest BCUT2D eigenvalue weighted by Gasteiger charge is -2.15. The normalized spacial score (nSPS) is 18.9. The van der Waals surface area contributed by atoms with Gasteiger partial charge in [0.15, 0.2) is 0 Å². The third kappa shape index (κ3) is 2.17. The smallest absolute Gasteiger partial charge is 0.137 e. The number of nitrogens with two attached hydrogens (primary N) is 1. The first kappa shape index (κ1) is 13.0. The molecule has 1 aliphatic rings. The van der Waals surface area contributed by atoms with Crippen LogP contribution in [0.25, 0.3) is 11.0 Å². The van der Waals surface area contributed by atoms with Gasteiger partial charge in [-0.05, 0) is 36.6 Å². The van der Waals surface area contributed by atoms with Gasteiger partial charge in [-0.25, -0.2) is 0 Å². The molecule has 21 heavy (non-hydrogen) atoms. The van der Waals surface area contributed by atoms with Crippen LogP contribution in [0.15, 0.2) is 57.8 Å². The van der Waals surface area contributed by atoms with Gasteiger partial charge in [0, 0.05) is 15.5 Å². The third-order valence-electron chi connectivity index (χ3n) is 4.16. The number of benzene rings is 2. The summed E-state index contributed by atoms with van der Waals surface area (Å²) in [6.45, 7) is 2.07. The quantitative estimate of drug-likeness (QED) is 0.758. The number of hydrogen-bond donors (Lipinski definition) is 1. The van der Waals surface area contributed by atoms with E-state index in [1.807, 2.05) is 11.8 Å². The number of furan rings is 1. The van der Waals surface area contributed by atoms with Crippen molar-refractivity contribution < 1.29 is 4.42 Å². The number of para-hydroxylation sites is 1. The van der Waals surface area contributed by atoms with Crippen LogP contribution in [0.3, 0.4) is 0 Å².